The number of nitrogens with one attached hydrogen (secondary N) is 1. The summed E-state index contributed by atoms with van der Waals surface area (Å²) in [7, 11) is 1.81. The van der Waals surface area contributed by atoms with Crippen LogP contribution in [0.2, 0.25) is 0 Å². The van der Waals surface area contributed by atoms with Crippen LogP contribution in [0.25, 0.3) is 22.3 Å². The third kappa shape index (κ3) is 1.81. The Labute approximate surface area is 121 Å². The van der Waals surface area contributed by atoms with E-state index in [1.807, 2.05) is 43.6 Å². The van der Waals surface area contributed by atoms with E-state index in [2.05, 4.69) is 14.9 Å². The van der Waals surface area contributed by atoms with Gasteiger partial charge in [0.25, 0.3) is 5.56 Å². The van der Waals surface area contributed by atoms with E-state index >= 15 is 0 Å². The molecular weight excluding hydrogens is 264 g/mol. The Morgan fingerprint density at radius 3 is 2.86 bits per heavy atom. The van der Waals surface area contributed by atoms with Crippen molar-refractivity contribution in [3.05, 3.63) is 53.1 Å². The minimum Gasteiger partial charge on any atom is -0.325 e. The SMILES string of the molecule is Cn1c(=O)c(-c2nccn2C2CNC2)cc2ccccc21. The van der Waals surface area contributed by atoms with Gasteiger partial charge in [-0.2, -0.15) is 0 Å². The summed E-state index contributed by atoms with van der Waals surface area (Å²) in [6.07, 6.45) is 3.72. The van der Waals surface area contributed by atoms with Crippen molar-refractivity contribution in [1.29, 1.82) is 0 Å². The van der Waals surface area contributed by atoms with Crippen LogP contribution in [0.5, 0.6) is 0 Å². The number of fused-ring (bicyclic) bond motifs is 1. The van der Waals surface area contributed by atoms with Crippen molar-refractivity contribution in [3.63, 3.8) is 0 Å². The molecule has 1 aliphatic heterocycles. The topological polar surface area (TPSA) is 51.9 Å². The van der Waals surface area contributed by atoms with E-state index in [4.69, 9.17) is 0 Å². The Hall–Kier alpha value is -2.40. The van der Waals surface area contributed by atoms with Crippen molar-refractivity contribution < 1.29 is 0 Å². The molecule has 0 atom stereocenters. The monoisotopic (exact) mass is 280 g/mol. The second-order valence-corrected chi connectivity index (χ2v) is 5.45. The van der Waals surface area contributed by atoms with E-state index in [1.54, 1.807) is 10.8 Å². The third-order valence-electron chi connectivity index (χ3n) is 4.20. The van der Waals surface area contributed by atoms with Crippen LogP contribution in [-0.2, 0) is 7.05 Å². The zero-order valence-electron chi connectivity index (χ0n) is 11.8. The third-order valence-corrected chi connectivity index (χ3v) is 4.20. The average molecular weight is 280 g/mol. The minimum absolute atomic E-state index is 0.00608. The zero-order chi connectivity index (χ0) is 14.4. The van der Waals surface area contributed by atoms with Crippen LogP contribution in [0.15, 0.2) is 47.5 Å². The summed E-state index contributed by atoms with van der Waals surface area (Å²) >= 11 is 0. The quantitative estimate of drug-likeness (QED) is 0.775. The first-order chi connectivity index (χ1) is 10.3. The molecule has 0 spiro atoms. The van der Waals surface area contributed by atoms with Crippen molar-refractivity contribution in [2.75, 3.05) is 13.1 Å². The molecule has 5 nitrogen and oxygen atoms in total. The Kier molecular flexibility index (Phi) is 2.68. The molecule has 1 fully saturated rings. The molecule has 0 aliphatic carbocycles. The van der Waals surface area contributed by atoms with E-state index in [0.717, 1.165) is 29.8 Å². The number of hydrogen-bond donors (Lipinski definition) is 1. The molecule has 0 bridgehead atoms. The van der Waals surface area contributed by atoms with Crippen LogP contribution in [0.4, 0.5) is 0 Å². The number of hydrogen-bond acceptors (Lipinski definition) is 3. The van der Waals surface area contributed by atoms with Gasteiger partial charge in [0, 0.05) is 32.5 Å². The molecule has 3 heterocycles. The summed E-state index contributed by atoms with van der Waals surface area (Å²) in [5, 5.41) is 4.30. The molecule has 1 saturated heterocycles. The number of nitrogens with zero attached hydrogens (tertiary/aromatic N) is 3. The molecule has 2 aromatic heterocycles. The van der Waals surface area contributed by atoms with Gasteiger partial charge in [0.05, 0.1) is 17.1 Å². The van der Waals surface area contributed by atoms with E-state index in [0.29, 0.717) is 11.6 Å². The first kappa shape index (κ1) is 12.3. The van der Waals surface area contributed by atoms with Crippen LogP contribution in [-0.4, -0.2) is 27.2 Å². The fourth-order valence-corrected chi connectivity index (χ4v) is 2.87. The molecule has 1 aliphatic rings. The van der Waals surface area contributed by atoms with E-state index in [1.165, 1.54) is 0 Å². The molecular formula is C16H16N4O. The number of imidazole rings is 1. The van der Waals surface area contributed by atoms with Crippen molar-refractivity contribution in [2.45, 2.75) is 6.04 Å². The molecule has 1 N–H and O–H groups in total. The van der Waals surface area contributed by atoms with Crippen molar-refractivity contribution in [1.82, 2.24) is 19.4 Å². The van der Waals surface area contributed by atoms with Gasteiger partial charge in [-0.05, 0) is 17.5 Å². The summed E-state index contributed by atoms with van der Waals surface area (Å²) < 4.78 is 3.80. The number of aromatic nitrogens is 3. The normalized spacial score (nSPS) is 15.3. The molecule has 0 saturated carbocycles. The molecule has 0 radical (unpaired) electrons. The second kappa shape index (κ2) is 4.56. The number of para-hydroxylation sites is 1. The first-order valence-corrected chi connectivity index (χ1v) is 7.08. The summed E-state index contributed by atoms with van der Waals surface area (Å²) in [5.74, 6) is 0.757. The lowest BCUT2D eigenvalue weighted by molar-refractivity contribution is 0.346. The van der Waals surface area contributed by atoms with E-state index in [9.17, 15) is 4.79 Å². The van der Waals surface area contributed by atoms with Gasteiger partial charge in [0.2, 0.25) is 0 Å². The van der Waals surface area contributed by atoms with Gasteiger partial charge in [-0.15, -0.1) is 0 Å². The van der Waals surface area contributed by atoms with E-state index < -0.39 is 0 Å². The highest BCUT2D eigenvalue weighted by Gasteiger charge is 2.23. The molecule has 0 unspecified atom stereocenters. The maximum Gasteiger partial charge on any atom is 0.261 e. The maximum atomic E-state index is 12.7. The van der Waals surface area contributed by atoms with Crippen molar-refractivity contribution >= 4 is 10.9 Å². The number of rotatable bonds is 2. The van der Waals surface area contributed by atoms with Gasteiger partial charge in [0.1, 0.15) is 5.82 Å². The molecule has 1 aromatic carbocycles. The lowest BCUT2D eigenvalue weighted by atomic mass is 10.1. The average Bonchev–Trinajstić information content (AvgIpc) is 2.90. The Bertz CT molecular complexity index is 873. The smallest absolute Gasteiger partial charge is 0.261 e. The Balaban J connectivity index is 1.97. The van der Waals surface area contributed by atoms with Gasteiger partial charge < -0.3 is 14.5 Å². The summed E-state index contributed by atoms with van der Waals surface area (Å²) in [4.78, 5) is 17.1. The predicted octanol–water partition coefficient (Wildman–Crippen LogP) is 1.55. The van der Waals surface area contributed by atoms with Crippen LogP contribution in [0, 0.1) is 0 Å². The van der Waals surface area contributed by atoms with Gasteiger partial charge in [0.15, 0.2) is 0 Å². The van der Waals surface area contributed by atoms with Crippen LogP contribution >= 0.6 is 0 Å². The maximum absolute atomic E-state index is 12.7. The van der Waals surface area contributed by atoms with Gasteiger partial charge in [-0.3, -0.25) is 4.79 Å². The summed E-state index contributed by atoms with van der Waals surface area (Å²) in [5.41, 5.74) is 1.59. The van der Waals surface area contributed by atoms with Gasteiger partial charge in [-0.25, -0.2) is 4.98 Å². The Morgan fingerprint density at radius 1 is 1.29 bits per heavy atom. The van der Waals surface area contributed by atoms with Crippen molar-refractivity contribution in [2.24, 2.45) is 7.05 Å². The molecule has 5 heteroatoms. The van der Waals surface area contributed by atoms with Crippen LogP contribution in [0.3, 0.4) is 0 Å². The number of aryl methyl sites for hydroxylation is 1. The fraction of sp³-hybridized carbons (Fsp3) is 0.250. The van der Waals surface area contributed by atoms with Crippen LogP contribution in [0.1, 0.15) is 6.04 Å². The molecule has 106 valence electrons. The van der Waals surface area contributed by atoms with Gasteiger partial charge in [-0.1, -0.05) is 18.2 Å². The Morgan fingerprint density at radius 2 is 2.10 bits per heavy atom. The molecule has 21 heavy (non-hydrogen) atoms. The van der Waals surface area contributed by atoms with Crippen molar-refractivity contribution in [3.8, 4) is 11.4 Å². The van der Waals surface area contributed by atoms with Gasteiger partial charge >= 0.3 is 0 Å². The number of benzene rings is 1. The largest absolute Gasteiger partial charge is 0.325 e. The molecule has 3 aromatic rings. The van der Waals surface area contributed by atoms with E-state index in [-0.39, 0.29) is 5.56 Å². The summed E-state index contributed by atoms with van der Waals surface area (Å²) in [6.45, 7) is 1.86. The standard InChI is InChI=1S/C16H16N4O/c1-19-14-5-3-2-4-11(14)8-13(16(19)21)15-18-6-7-20(15)12-9-17-10-12/h2-8,12,17H,9-10H2,1H3. The number of pyridine rings is 1. The summed E-state index contributed by atoms with van der Waals surface area (Å²) in [6, 6.07) is 10.3. The van der Waals surface area contributed by atoms with Crippen LogP contribution < -0.4 is 10.9 Å². The second-order valence-electron chi connectivity index (χ2n) is 5.45. The highest BCUT2D eigenvalue weighted by atomic mass is 16.1. The molecule has 0 amide bonds. The molecule has 4 rings (SSSR count). The predicted molar refractivity (Wildman–Crippen MR) is 82.3 cm³/mol. The zero-order valence-corrected chi connectivity index (χ0v) is 11.8. The lowest BCUT2D eigenvalue weighted by Crippen LogP contribution is -2.43. The first-order valence-electron chi connectivity index (χ1n) is 7.08. The fourth-order valence-electron chi connectivity index (χ4n) is 2.87. The lowest BCUT2D eigenvalue weighted by Gasteiger charge is -2.29. The minimum atomic E-state index is -0.00608. The highest BCUT2D eigenvalue weighted by Crippen LogP contribution is 2.23. The highest BCUT2D eigenvalue weighted by molar-refractivity contribution is 5.83.